The highest BCUT2D eigenvalue weighted by molar-refractivity contribution is 5.31. The van der Waals surface area contributed by atoms with Crippen molar-refractivity contribution in [3.05, 3.63) is 35.1 Å². The minimum atomic E-state index is -0.115. The van der Waals surface area contributed by atoms with Gasteiger partial charge in [0, 0.05) is 6.04 Å². The number of hydrogen-bond donors (Lipinski definition) is 1. The van der Waals surface area contributed by atoms with Crippen LogP contribution in [0.5, 0.6) is 0 Å². The molecular formula is C11H14FN. The number of benzene rings is 1. The summed E-state index contributed by atoms with van der Waals surface area (Å²) in [5, 5.41) is 3.24. The number of hydrogen-bond acceptors (Lipinski definition) is 1. The molecule has 0 saturated heterocycles. The summed E-state index contributed by atoms with van der Waals surface area (Å²) in [6.07, 6.45) is 3.19. The van der Waals surface area contributed by atoms with Gasteiger partial charge in [0.15, 0.2) is 0 Å². The van der Waals surface area contributed by atoms with E-state index in [1.54, 1.807) is 12.1 Å². The van der Waals surface area contributed by atoms with Crippen molar-refractivity contribution < 1.29 is 4.39 Å². The summed E-state index contributed by atoms with van der Waals surface area (Å²) in [4.78, 5) is 0. The normalized spacial score (nSPS) is 21.2. The van der Waals surface area contributed by atoms with Gasteiger partial charge in [0.25, 0.3) is 0 Å². The molecule has 1 aromatic carbocycles. The zero-order valence-electron chi connectivity index (χ0n) is 7.81. The fourth-order valence-corrected chi connectivity index (χ4v) is 1.97. The van der Waals surface area contributed by atoms with Gasteiger partial charge in [-0.3, -0.25) is 0 Å². The summed E-state index contributed by atoms with van der Waals surface area (Å²) >= 11 is 0. The van der Waals surface area contributed by atoms with Crippen LogP contribution < -0.4 is 5.32 Å². The van der Waals surface area contributed by atoms with Crippen LogP contribution in [0.3, 0.4) is 0 Å². The molecule has 1 aromatic rings. The average molecular weight is 179 g/mol. The third-order valence-corrected chi connectivity index (χ3v) is 2.81. The number of fused-ring (bicyclic) bond motifs is 1. The molecule has 1 atom stereocenters. The average Bonchev–Trinajstić information content (AvgIpc) is 2.16. The summed E-state index contributed by atoms with van der Waals surface area (Å²) in [7, 11) is 1.97. The molecule has 0 radical (unpaired) electrons. The van der Waals surface area contributed by atoms with E-state index >= 15 is 0 Å². The Morgan fingerprint density at radius 1 is 1.38 bits per heavy atom. The molecule has 0 fully saturated rings. The molecule has 1 N–H and O–H groups in total. The number of aryl methyl sites for hydroxylation is 1. The van der Waals surface area contributed by atoms with Gasteiger partial charge in [0.1, 0.15) is 5.82 Å². The molecule has 0 heterocycles. The molecule has 0 aliphatic heterocycles. The molecule has 1 unspecified atom stereocenters. The molecule has 0 amide bonds. The van der Waals surface area contributed by atoms with E-state index in [1.165, 1.54) is 11.1 Å². The lowest BCUT2D eigenvalue weighted by Crippen LogP contribution is -2.31. The van der Waals surface area contributed by atoms with Crippen LogP contribution in [0.2, 0.25) is 0 Å². The molecule has 0 spiro atoms. The van der Waals surface area contributed by atoms with E-state index < -0.39 is 0 Å². The van der Waals surface area contributed by atoms with E-state index in [1.807, 2.05) is 13.1 Å². The number of nitrogens with one attached hydrogen (secondary N) is 1. The Morgan fingerprint density at radius 2 is 2.23 bits per heavy atom. The Balaban J connectivity index is 2.27. The van der Waals surface area contributed by atoms with Crippen molar-refractivity contribution in [1.29, 1.82) is 0 Å². The summed E-state index contributed by atoms with van der Waals surface area (Å²) in [5.41, 5.74) is 2.48. The standard InChI is InChI=1S/C11H14FN/c1-13-11-5-3-8-2-4-10(12)6-9(8)7-11/h2,4,6,11,13H,3,5,7H2,1H3. The van der Waals surface area contributed by atoms with Gasteiger partial charge in [-0.1, -0.05) is 6.07 Å². The van der Waals surface area contributed by atoms with Crippen LogP contribution in [0.15, 0.2) is 18.2 Å². The van der Waals surface area contributed by atoms with Crippen LogP contribution in [0.25, 0.3) is 0 Å². The molecular weight excluding hydrogens is 165 g/mol. The second-order valence-electron chi connectivity index (χ2n) is 3.64. The Kier molecular flexibility index (Phi) is 2.32. The summed E-state index contributed by atoms with van der Waals surface area (Å²) < 4.78 is 12.9. The van der Waals surface area contributed by atoms with Crippen LogP contribution >= 0.6 is 0 Å². The Hall–Kier alpha value is -0.890. The first-order chi connectivity index (χ1) is 6.29. The van der Waals surface area contributed by atoms with Crippen LogP contribution in [0.4, 0.5) is 4.39 Å². The molecule has 70 valence electrons. The third kappa shape index (κ3) is 1.73. The number of likely N-dealkylation sites (N-methyl/N-ethyl adjacent to an activating group) is 1. The Bertz CT molecular complexity index is 309. The number of rotatable bonds is 1. The molecule has 0 bridgehead atoms. The quantitative estimate of drug-likeness (QED) is 0.694. The van der Waals surface area contributed by atoms with Gasteiger partial charge >= 0.3 is 0 Å². The highest BCUT2D eigenvalue weighted by atomic mass is 19.1. The largest absolute Gasteiger partial charge is 0.317 e. The fraction of sp³-hybridized carbons (Fsp3) is 0.455. The smallest absolute Gasteiger partial charge is 0.123 e. The molecule has 1 aliphatic rings. The first-order valence-electron chi connectivity index (χ1n) is 4.74. The van der Waals surface area contributed by atoms with Crippen molar-refractivity contribution in [2.24, 2.45) is 0 Å². The summed E-state index contributed by atoms with van der Waals surface area (Å²) in [5.74, 6) is -0.115. The maximum atomic E-state index is 12.9. The highest BCUT2D eigenvalue weighted by Gasteiger charge is 2.16. The summed E-state index contributed by atoms with van der Waals surface area (Å²) in [6.45, 7) is 0. The zero-order chi connectivity index (χ0) is 9.26. The van der Waals surface area contributed by atoms with Gasteiger partial charge < -0.3 is 5.32 Å². The second kappa shape index (κ2) is 3.46. The Morgan fingerprint density at radius 3 is 3.00 bits per heavy atom. The van der Waals surface area contributed by atoms with Gasteiger partial charge in [0.05, 0.1) is 0 Å². The topological polar surface area (TPSA) is 12.0 Å². The van der Waals surface area contributed by atoms with E-state index in [4.69, 9.17) is 0 Å². The van der Waals surface area contributed by atoms with Crippen LogP contribution in [0, 0.1) is 5.82 Å². The number of halogens is 1. The molecule has 0 aromatic heterocycles. The maximum Gasteiger partial charge on any atom is 0.123 e. The Labute approximate surface area is 78.0 Å². The first kappa shape index (κ1) is 8.70. The van der Waals surface area contributed by atoms with E-state index in [-0.39, 0.29) is 5.82 Å². The van der Waals surface area contributed by atoms with E-state index in [0.717, 1.165) is 19.3 Å². The van der Waals surface area contributed by atoms with Crippen molar-refractivity contribution in [2.45, 2.75) is 25.3 Å². The van der Waals surface area contributed by atoms with Gasteiger partial charge in [0.2, 0.25) is 0 Å². The summed E-state index contributed by atoms with van der Waals surface area (Å²) in [6, 6.07) is 5.66. The predicted octanol–water partition coefficient (Wildman–Crippen LogP) is 1.90. The van der Waals surface area contributed by atoms with Crippen LogP contribution in [-0.4, -0.2) is 13.1 Å². The first-order valence-corrected chi connectivity index (χ1v) is 4.74. The fourth-order valence-electron chi connectivity index (χ4n) is 1.97. The minimum Gasteiger partial charge on any atom is -0.317 e. The molecule has 1 nitrogen and oxygen atoms in total. The second-order valence-corrected chi connectivity index (χ2v) is 3.64. The van der Waals surface area contributed by atoms with Gasteiger partial charge in [-0.05, 0) is 49.6 Å². The highest BCUT2D eigenvalue weighted by Crippen LogP contribution is 2.21. The predicted molar refractivity (Wildman–Crippen MR) is 51.3 cm³/mol. The molecule has 13 heavy (non-hydrogen) atoms. The maximum absolute atomic E-state index is 12.9. The molecule has 1 aliphatic carbocycles. The van der Waals surface area contributed by atoms with Crippen molar-refractivity contribution in [1.82, 2.24) is 5.32 Å². The SMILES string of the molecule is CNC1CCc2ccc(F)cc2C1. The van der Waals surface area contributed by atoms with Gasteiger partial charge in [-0.25, -0.2) is 4.39 Å². The third-order valence-electron chi connectivity index (χ3n) is 2.81. The lowest BCUT2D eigenvalue weighted by atomic mass is 9.88. The van der Waals surface area contributed by atoms with Crippen LogP contribution in [0.1, 0.15) is 17.5 Å². The van der Waals surface area contributed by atoms with Crippen molar-refractivity contribution >= 4 is 0 Å². The van der Waals surface area contributed by atoms with E-state index in [2.05, 4.69) is 5.32 Å². The van der Waals surface area contributed by atoms with Crippen molar-refractivity contribution in [3.8, 4) is 0 Å². The minimum absolute atomic E-state index is 0.115. The zero-order valence-corrected chi connectivity index (χ0v) is 7.81. The van der Waals surface area contributed by atoms with Crippen LogP contribution in [-0.2, 0) is 12.8 Å². The monoisotopic (exact) mass is 179 g/mol. The lowest BCUT2D eigenvalue weighted by Gasteiger charge is -2.23. The molecule has 2 rings (SSSR count). The van der Waals surface area contributed by atoms with Crippen molar-refractivity contribution in [3.63, 3.8) is 0 Å². The van der Waals surface area contributed by atoms with E-state index in [0.29, 0.717) is 6.04 Å². The van der Waals surface area contributed by atoms with Crippen molar-refractivity contribution in [2.75, 3.05) is 7.05 Å². The lowest BCUT2D eigenvalue weighted by molar-refractivity contribution is 0.493. The van der Waals surface area contributed by atoms with Gasteiger partial charge in [-0.2, -0.15) is 0 Å². The molecule has 2 heteroatoms. The van der Waals surface area contributed by atoms with Gasteiger partial charge in [-0.15, -0.1) is 0 Å². The van der Waals surface area contributed by atoms with E-state index in [9.17, 15) is 4.39 Å². The molecule has 0 saturated carbocycles.